The van der Waals surface area contributed by atoms with Gasteiger partial charge in [0.2, 0.25) is 0 Å². The highest BCUT2D eigenvalue weighted by Gasteiger charge is 2.27. The molecule has 0 saturated heterocycles. The van der Waals surface area contributed by atoms with Gasteiger partial charge in [-0.25, -0.2) is 8.42 Å². The van der Waals surface area contributed by atoms with E-state index in [0.29, 0.717) is 16.8 Å². The van der Waals surface area contributed by atoms with E-state index in [4.69, 9.17) is 0 Å². The third-order valence-corrected chi connectivity index (χ3v) is 7.87. The van der Waals surface area contributed by atoms with Crippen LogP contribution in [0.15, 0.2) is 66.7 Å². The van der Waals surface area contributed by atoms with Crippen LogP contribution in [0, 0.1) is 0 Å². The molecule has 1 fully saturated rings. The van der Waals surface area contributed by atoms with E-state index in [2.05, 4.69) is 5.32 Å². The average molecular weight is 408 g/mol. The largest absolute Gasteiger partial charge is 0.322 e. The van der Waals surface area contributed by atoms with Crippen LogP contribution >= 0.6 is 0 Å². The van der Waals surface area contributed by atoms with Gasteiger partial charge in [0.25, 0.3) is 5.91 Å². The van der Waals surface area contributed by atoms with Gasteiger partial charge in [0.15, 0.2) is 9.84 Å². The highest BCUT2D eigenvalue weighted by molar-refractivity contribution is 7.91. The SMILES string of the molecule is O=C(Nc1cccc(CS(=O)(=O)C2CCCCC2)c1)c1cccc2ccccc12. The van der Waals surface area contributed by atoms with Gasteiger partial charge >= 0.3 is 0 Å². The number of benzene rings is 3. The fraction of sp³-hybridized carbons (Fsp3) is 0.292. The van der Waals surface area contributed by atoms with Crippen molar-refractivity contribution in [3.8, 4) is 0 Å². The van der Waals surface area contributed by atoms with Crippen molar-refractivity contribution >= 4 is 32.2 Å². The number of rotatable bonds is 5. The zero-order valence-corrected chi connectivity index (χ0v) is 17.1. The van der Waals surface area contributed by atoms with Crippen molar-refractivity contribution in [3.63, 3.8) is 0 Å². The molecule has 1 aliphatic carbocycles. The molecular weight excluding hydrogens is 382 g/mol. The Morgan fingerprint density at radius 2 is 1.62 bits per heavy atom. The van der Waals surface area contributed by atoms with Crippen LogP contribution in [0.1, 0.15) is 48.0 Å². The molecule has 0 unspecified atom stereocenters. The van der Waals surface area contributed by atoms with Gasteiger partial charge in [-0.05, 0) is 47.4 Å². The molecule has 1 saturated carbocycles. The summed E-state index contributed by atoms with van der Waals surface area (Å²) in [5.41, 5.74) is 1.92. The first-order chi connectivity index (χ1) is 14.0. The first kappa shape index (κ1) is 19.6. The predicted molar refractivity (Wildman–Crippen MR) is 118 cm³/mol. The second kappa shape index (κ2) is 8.37. The van der Waals surface area contributed by atoms with E-state index in [1.165, 1.54) is 0 Å². The van der Waals surface area contributed by atoms with Crippen LogP contribution in [0.3, 0.4) is 0 Å². The van der Waals surface area contributed by atoms with Gasteiger partial charge in [-0.1, -0.05) is 67.8 Å². The molecule has 4 nitrogen and oxygen atoms in total. The van der Waals surface area contributed by atoms with Gasteiger partial charge in [-0.2, -0.15) is 0 Å². The molecule has 150 valence electrons. The average Bonchev–Trinajstić information content (AvgIpc) is 2.74. The number of carbonyl (C=O) groups excluding carboxylic acids is 1. The summed E-state index contributed by atoms with van der Waals surface area (Å²) in [5.74, 6) is -0.176. The summed E-state index contributed by atoms with van der Waals surface area (Å²) in [6, 6.07) is 20.6. The molecule has 29 heavy (non-hydrogen) atoms. The van der Waals surface area contributed by atoms with Crippen molar-refractivity contribution in [3.05, 3.63) is 77.9 Å². The number of anilines is 1. The highest BCUT2D eigenvalue weighted by atomic mass is 32.2. The van der Waals surface area contributed by atoms with Gasteiger partial charge in [0.1, 0.15) is 0 Å². The summed E-state index contributed by atoms with van der Waals surface area (Å²) in [7, 11) is -3.18. The van der Waals surface area contributed by atoms with Crippen molar-refractivity contribution in [2.45, 2.75) is 43.1 Å². The zero-order valence-electron chi connectivity index (χ0n) is 16.3. The number of fused-ring (bicyclic) bond motifs is 1. The Balaban J connectivity index is 1.52. The van der Waals surface area contributed by atoms with Crippen LogP contribution in [0.4, 0.5) is 5.69 Å². The lowest BCUT2D eigenvalue weighted by Gasteiger charge is -2.21. The molecule has 0 heterocycles. The fourth-order valence-electron chi connectivity index (χ4n) is 4.14. The van der Waals surface area contributed by atoms with E-state index < -0.39 is 9.84 Å². The molecular formula is C24H25NO3S. The summed E-state index contributed by atoms with van der Waals surface area (Å²) in [6.07, 6.45) is 4.64. The third kappa shape index (κ3) is 4.51. The second-order valence-corrected chi connectivity index (χ2v) is 10.0. The number of nitrogens with one attached hydrogen (secondary N) is 1. The maximum atomic E-state index is 12.8. The summed E-state index contributed by atoms with van der Waals surface area (Å²) in [5, 5.41) is 4.59. The van der Waals surface area contributed by atoms with E-state index >= 15 is 0 Å². The predicted octanol–water partition coefficient (Wildman–Crippen LogP) is 5.34. The van der Waals surface area contributed by atoms with Crippen molar-refractivity contribution in [2.75, 3.05) is 5.32 Å². The van der Waals surface area contributed by atoms with Gasteiger partial charge in [0, 0.05) is 11.3 Å². The molecule has 1 aliphatic rings. The monoisotopic (exact) mass is 407 g/mol. The Labute approximate surface area is 171 Å². The minimum atomic E-state index is -3.18. The van der Waals surface area contributed by atoms with Crippen LogP contribution in [-0.4, -0.2) is 19.6 Å². The third-order valence-electron chi connectivity index (χ3n) is 5.65. The van der Waals surface area contributed by atoms with Crippen molar-refractivity contribution in [2.24, 2.45) is 0 Å². The lowest BCUT2D eigenvalue weighted by molar-refractivity contribution is 0.102. The lowest BCUT2D eigenvalue weighted by atomic mass is 10.0. The van der Waals surface area contributed by atoms with Crippen LogP contribution < -0.4 is 5.32 Å². The van der Waals surface area contributed by atoms with Crippen LogP contribution in [0.2, 0.25) is 0 Å². The molecule has 5 heteroatoms. The standard InChI is InChI=1S/C24H25NO3S/c26-24(23-15-7-10-19-9-4-5-14-22(19)23)25-20-11-6-8-18(16-20)17-29(27,28)21-12-2-1-3-13-21/h4-11,14-16,21H,1-3,12-13,17H2,(H,25,26). The number of hydrogen-bond donors (Lipinski definition) is 1. The number of hydrogen-bond acceptors (Lipinski definition) is 3. The fourth-order valence-corrected chi connectivity index (χ4v) is 6.07. The van der Waals surface area contributed by atoms with Gasteiger partial charge in [0.05, 0.1) is 11.0 Å². The van der Waals surface area contributed by atoms with E-state index in [0.717, 1.165) is 42.9 Å². The second-order valence-electron chi connectivity index (χ2n) is 7.75. The molecule has 1 amide bonds. The van der Waals surface area contributed by atoms with E-state index in [1.807, 2.05) is 42.5 Å². The van der Waals surface area contributed by atoms with Crippen LogP contribution in [-0.2, 0) is 15.6 Å². The molecule has 3 aromatic rings. The minimum Gasteiger partial charge on any atom is -0.322 e. The molecule has 0 bridgehead atoms. The smallest absolute Gasteiger partial charge is 0.256 e. The molecule has 0 aromatic heterocycles. The minimum absolute atomic E-state index is 0.0235. The molecule has 0 aliphatic heterocycles. The van der Waals surface area contributed by atoms with E-state index in [-0.39, 0.29) is 16.9 Å². The number of amides is 1. The number of sulfone groups is 1. The Bertz CT molecular complexity index is 1130. The number of carbonyl (C=O) groups is 1. The molecule has 0 atom stereocenters. The first-order valence-corrected chi connectivity index (χ1v) is 11.8. The van der Waals surface area contributed by atoms with Crippen LogP contribution in [0.5, 0.6) is 0 Å². The van der Waals surface area contributed by atoms with Gasteiger partial charge in [-0.15, -0.1) is 0 Å². The zero-order chi connectivity index (χ0) is 20.3. The normalized spacial score (nSPS) is 15.3. The molecule has 1 N–H and O–H groups in total. The summed E-state index contributed by atoms with van der Waals surface area (Å²) in [4.78, 5) is 12.8. The van der Waals surface area contributed by atoms with Gasteiger partial charge < -0.3 is 5.32 Å². The summed E-state index contributed by atoms with van der Waals surface area (Å²) in [6.45, 7) is 0. The Morgan fingerprint density at radius 3 is 2.45 bits per heavy atom. The molecule has 4 rings (SSSR count). The van der Waals surface area contributed by atoms with Crippen molar-refractivity contribution < 1.29 is 13.2 Å². The molecule has 3 aromatic carbocycles. The van der Waals surface area contributed by atoms with E-state index in [9.17, 15) is 13.2 Å². The Morgan fingerprint density at radius 1 is 0.897 bits per heavy atom. The van der Waals surface area contributed by atoms with Gasteiger partial charge in [-0.3, -0.25) is 4.79 Å². The molecule has 0 spiro atoms. The van der Waals surface area contributed by atoms with Crippen molar-refractivity contribution in [1.82, 2.24) is 0 Å². The Kier molecular flexibility index (Phi) is 5.67. The van der Waals surface area contributed by atoms with E-state index in [1.54, 1.807) is 24.3 Å². The van der Waals surface area contributed by atoms with Crippen LogP contribution in [0.25, 0.3) is 10.8 Å². The summed E-state index contributed by atoms with van der Waals surface area (Å²) >= 11 is 0. The molecule has 0 radical (unpaired) electrons. The quantitative estimate of drug-likeness (QED) is 0.621. The summed E-state index contributed by atoms with van der Waals surface area (Å²) < 4.78 is 25.5. The highest BCUT2D eigenvalue weighted by Crippen LogP contribution is 2.27. The topological polar surface area (TPSA) is 63.2 Å². The maximum absolute atomic E-state index is 12.8. The van der Waals surface area contributed by atoms with Crippen molar-refractivity contribution in [1.29, 1.82) is 0 Å². The lowest BCUT2D eigenvalue weighted by Crippen LogP contribution is -2.25. The Hall–Kier alpha value is -2.66. The first-order valence-electron chi connectivity index (χ1n) is 10.1. The maximum Gasteiger partial charge on any atom is 0.256 e.